The molecule has 0 aromatic carbocycles. The van der Waals surface area contributed by atoms with E-state index in [0.29, 0.717) is 0 Å². The summed E-state index contributed by atoms with van der Waals surface area (Å²) < 4.78 is 4.77. The summed E-state index contributed by atoms with van der Waals surface area (Å²) in [5, 5.41) is 20.2. The number of aromatic nitrogens is 2. The lowest BCUT2D eigenvalue weighted by Gasteiger charge is -2.20. The van der Waals surface area contributed by atoms with Gasteiger partial charge in [0.05, 0.1) is 17.6 Å². The molecule has 1 unspecified atom stereocenters. The zero-order chi connectivity index (χ0) is 13.7. The zero-order valence-corrected chi connectivity index (χ0v) is 10.7. The van der Waals surface area contributed by atoms with Crippen LogP contribution in [0, 0.1) is 10.1 Å². The number of aliphatic hydroxyl groups excluding tert-OH is 1. The molecule has 8 nitrogen and oxygen atoms in total. The Kier molecular flexibility index (Phi) is 5.20. The molecular formula is C9H13ClN4O4. The van der Waals surface area contributed by atoms with Crippen molar-refractivity contribution in [2.24, 2.45) is 0 Å². The summed E-state index contributed by atoms with van der Waals surface area (Å²) in [7, 11) is 3.01. The average Bonchev–Trinajstić information content (AvgIpc) is 2.28. The van der Waals surface area contributed by atoms with Crippen LogP contribution < -0.4 is 4.90 Å². The van der Waals surface area contributed by atoms with Crippen molar-refractivity contribution >= 4 is 23.1 Å². The molecule has 1 atom stereocenters. The highest BCUT2D eigenvalue weighted by molar-refractivity contribution is 6.31. The number of aliphatic hydroxyl groups is 1. The number of anilines is 1. The number of nitro groups is 1. The van der Waals surface area contributed by atoms with E-state index in [9.17, 15) is 15.2 Å². The maximum Gasteiger partial charge on any atom is 0.348 e. The molecule has 1 rings (SSSR count). The van der Waals surface area contributed by atoms with Gasteiger partial charge < -0.3 is 14.7 Å². The van der Waals surface area contributed by atoms with Crippen LogP contribution in [0.3, 0.4) is 0 Å². The van der Waals surface area contributed by atoms with Crippen LogP contribution in [0.5, 0.6) is 0 Å². The molecule has 18 heavy (non-hydrogen) atoms. The molecule has 0 aliphatic carbocycles. The Labute approximate surface area is 108 Å². The summed E-state index contributed by atoms with van der Waals surface area (Å²) >= 11 is 5.66. The Hall–Kier alpha value is -1.51. The van der Waals surface area contributed by atoms with Crippen LogP contribution in [-0.2, 0) is 4.74 Å². The molecule has 0 saturated heterocycles. The summed E-state index contributed by atoms with van der Waals surface area (Å²) in [6.45, 7) is 0.249. The highest BCUT2D eigenvalue weighted by Gasteiger charge is 2.25. The predicted molar refractivity (Wildman–Crippen MR) is 64.8 cm³/mol. The van der Waals surface area contributed by atoms with Gasteiger partial charge >= 0.3 is 5.69 Å². The first-order chi connectivity index (χ1) is 8.47. The molecule has 1 aromatic heterocycles. The van der Waals surface area contributed by atoms with Gasteiger partial charge in [0.2, 0.25) is 11.0 Å². The fourth-order valence-corrected chi connectivity index (χ4v) is 1.63. The van der Waals surface area contributed by atoms with Gasteiger partial charge in [-0.3, -0.25) is 10.1 Å². The third-order valence-electron chi connectivity index (χ3n) is 2.15. The maximum absolute atomic E-state index is 10.9. The molecule has 0 radical (unpaired) electrons. The van der Waals surface area contributed by atoms with E-state index in [1.807, 2.05) is 0 Å². The Morgan fingerprint density at radius 2 is 2.33 bits per heavy atom. The average molecular weight is 277 g/mol. The van der Waals surface area contributed by atoms with E-state index < -0.39 is 11.0 Å². The number of nitrogens with zero attached hydrogens (tertiary/aromatic N) is 4. The molecule has 0 aliphatic heterocycles. The number of ether oxygens (including phenoxy) is 1. The van der Waals surface area contributed by atoms with Crippen LogP contribution in [-0.4, -0.2) is 53.4 Å². The Morgan fingerprint density at radius 3 is 2.89 bits per heavy atom. The minimum Gasteiger partial charge on any atom is -0.389 e. The fraction of sp³-hybridized carbons (Fsp3) is 0.556. The third-order valence-corrected chi connectivity index (χ3v) is 2.42. The molecular weight excluding hydrogens is 264 g/mol. The molecule has 0 aliphatic rings. The summed E-state index contributed by atoms with van der Waals surface area (Å²) in [6, 6.07) is 0. The number of methoxy groups -OCH3 is 1. The standard InChI is InChI=1S/C9H13ClN4O4/c1-13(3-6(15)4-18-2)9-7(14(16)17)8(10)11-5-12-9/h5-6,15H,3-4H2,1-2H3. The monoisotopic (exact) mass is 276 g/mol. The molecule has 0 bridgehead atoms. The molecule has 0 fully saturated rings. The van der Waals surface area contributed by atoms with Crippen LogP contribution in [0.15, 0.2) is 6.33 Å². The molecule has 1 N–H and O–H groups in total. The molecule has 0 saturated carbocycles. The topological polar surface area (TPSA) is 102 Å². The normalized spacial score (nSPS) is 12.2. The Bertz CT molecular complexity index is 431. The molecule has 1 aromatic rings. The van der Waals surface area contributed by atoms with Crippen LogP contribution in [0.4, 0.5) is 11.5 Å². The van der Waals surface area contributed by atoms with E-state index in [2.05, 4.69) is 9.97 Å². The molecule has 1 heterocycles. The van der Waals surface area contributed by atoms with Gasteiger partial charge in [0.25, 0.3) is 0 Å². The highest BCUT2D eigenvalue weighted by atomic mass is 35.5. The van der Waals surface area contributed by atoms with Crippen LogP contribution in [0.2, 0.25) is 5.15 Å². The number of rotatable bonds is 6. The number of hydrogen-bond donors (Lipinski definition) is 1. The maximum atomic E-state index is 10.9. The zero-order valence-electron chi connectivity index (χ0n) is 9.91. The molecule has 100 valence electrons. The van der Waals surface area contributed by atoms with Gasteiger partial charge in [-0.05, 0) is 0 Å². The van der Waals surface area contributed by atoms with Crippen molar-refractivity contribution in [1.82, 2.24) is 9.97 Å². The number of likely N-dealkylation sites (N-methyl/N-ethyl adjacent to an activating group) is 1. The van der Waals surface area contributed by atoms with Crippen molar-refractivity contribution in [2.75, 3.05) is 32.2 Å². The largest absolute Gasteiger partial charge is 0.389 e. The predicted octanol–water partition coefficient (Wildman–Crippen LogP) is 0.482. The summed E-state index contributed by atoms with van der Waals surface area (Å²) in [5.74, 6) is 0.0511. The van der Waals surface area contributed by atoms with Gasteiger partial charge in [-0.15, -0.1) is 0 Å². The van der Waals surface area contributed by atoms with Crippen LogP contribution in [0.25, 0.3) is 0 Å². The number of halogens is 1. The van der Waals surface area contributed by atoms with Crippen molar-refractivity contribution in [2.45, 2.75) is 6.10 Å². The van der Waals surface area contributed by atoms with Gasteiger partial charge in [0.1, 0.15) is 6.33 Å². The minimum absolute atomic E-state index is 0.0511. The highest BCUT2D eigenvalue weighted by Crippen LogP contribution is 2.30. The lowest BCUT2D eigenvalue weighted by Crippen LogP contribution is -2.32. The van der Waals surface area contributed by atoms with E-state index in [4.69, 9.17) is 16.3 Å². The molecule has 9 heteroatoms. The first kappa shape index (κ1) is 14.6. The lowest BCUT2D eigenvalue weighted by molar-refractivity contribution is -0.384. The summed E-state index contributed by atoms with van der Waals surface area (Å²) in [6.07, 6.45) is 0.345. The van der Waals surface area contributed by atoms with E-state index in [1.54, 1.807) is 7.05 Å². The second kappa shape index (κ2) is 6.43. The quantitative estimate of drug-likeness (QED) is 0.458. The molecule has 0 amide bonds. The smallest absolute Gasteiger partial charge is 0.348 e. The van der Waals surface area contributed by atoms with E-state index in [1.165, 1.54) is 12.0 Å². The van der Waals surface area contributed by atoms with Crippen LogP contribution in [0.1, 0.15) is 0 Å². The minimum atomic E-state index is -0.784. The van der Waals surface area contributed by atoms with Gasteiger partial charge in [-0.25, -0.2) is 9.97 Å². The fourth-order valence-electron chi connectivity index (χ4n) is 1.43. The third kappa shape index (κ3) is 3.49. The lowest BCUT2D eigenvalue weighted by atomic mass is 10.3. The van der Waals surface area contributed by atoms with Gasteiger partial charge in [0, 0.05) is 20.7 Å². The van der Waals surface area contributed by atoms with Gasteiger partial charge in [-0.2, -0.15) is 0 Å². The van der Waals surface area contributed by atoms with Crippen molar-refractivity contribution in [1.29, 1.82) is 0 Å². The van der Waals surface area contributed by atoms with E-state index in [-0.39, 0.29) is 29.8 Å². The Balaban J connectivity index is 2.95. The number of hydrogen-bond acceptors (Lipinski definition) is 7. The van der Waals surface area contributed by atoms with Gasteiger partial charge in [0.15, 0.2) is 0 Å². The van der Waals surface area contributed by atoms with Crippen LogP contribution >= 0.6 is 11.6 Å². The second-order valence-electron chi connectivity index (χ2n) is 3.58. The van der Waals surface area contributed by atoms with Gasteiger partial charge in [-0.1, -0.05) is 11.6 Å². The van der Waals surface area contributed by atoms with E-state index >= 15 is 0 Å². The van der Waals surface area contributed by atoms with Crippen molar-refractivity contribution in [3.63, 3.8) is 0 Å². The van der Waals surface area contributed by atoms with Crippen molar-refractivity contribution in [3.05, 3.63) is 21.6 Å². The first-order valence-electron chi connectivity index (χ1n) is 5.00. The summed E-state index contributed by atoms with van der Waals surface area (Å²) in [5.41, 5.74) is -0.383. The summed E-state index contributed by atoms with van der Waals surface area (Å²) in [4.78, 5) is 19.0. The molecule has 0 spiro atoms. The Morgan fingerprint density at radius 1 is 1.67 bits per heavy atom. The van der Waals surface area contributed by atoms with Crippen molar-refractivity contribution < 1.29 is 14.8 Å². The van der Waals surface area contributed by atoms with Crippen molar-refractivity contribution in [3.8, 4) is 0 Å². The SMILES string of the molecule is COCC(O)CN(C)c1ncnc(Cl)c1[N+](=O)[O-]. The van der Waals surface area contributed by atoms with E-state index in [0.717, 1.165) is 6.33 Å². The second-order valence-corrected chi connectivity index (χ2v) is 3.94. The first-order valence-corrected chi connectivity index (χ1v) is 5.38.